The monoisotopic (exact) mass is 338 g/mol. The summed E-state index contributed by atoms with van der Waals surface area (Å²) >= 11 is 2.62. The van der Waals surface area contributed by atoms with Crippen molar-refractivity contribution in [2.75, 3.05) is 5.75 Å². The minimum Gasteiger partial charge on any atom is -0.351 e. The quantitative estimate of drug-likeness (QED) is 0.573. The predicted octanol–water partition coefficient (Wildman–Crippen LogP) is 1.15. The number of primary amides is 1. The molecule has 3 rings (SSSR count). The molecule has 0 spiro atoms. The molecule has 0 saturated carbocycles. The molecule has 0 bridgehead atoms. The number of aromatic nitrogens is 2. The Bertz CT molecular complexity index is 811. The Balaban J connectivity index is 1.85. The van der Waals surface area contributed by atoms with Crippen LogP contribution in [0.3, 0.4) is 0 Å². The van der Waals surface area contributed by atoms with Crippen molar-refractivity contribution in [2.24, 2.45) is 5.73 Å². The molecule has 1 aliphatic rings. The number of carbonyl (C=O) groups is 2. The largest absolute Gasteiger partial charge is 0.351 e. The van der Waals surface area contributed by atoms with E-state index >= 15 is 0 Å². The number of nitrogens with zero attached hydrogens (tertiary/aromatic N) is 1. The summed E-state index contributed by atoms with van der Waals surface area (Å²) in [5.74, 6) is -0.562. The van der Waals surface area contributed by atoms with Crippen molar-refractivity contribution in [3.05, 3.63) is 20.8 Å². The number of thioether (sulfide) groups is 1. The normalized spacial score (nSPS) is 13.8. The van der Waals surface area contributed by atoms with Crippen molar-refractivity contribution >= 4 is 45.3 Å². The van der Waals surface area contributed by atoms with Crippen LogP contribution >= 0.6 is 23.1 Å². The number of carbonyl (C=O) groups excluding carboxylic acids is 2. The molecule has 0 atom stereocenters. The highest BCUT2D eigenvalue weighted by Gasteiger charge is 2.20. The van der Waals surface area contributed by atoms with Crippen LogP contribution in [-0.2, 0) is 17.6 Å². The van der Waals surface area contributed by atoms with Crippen LogP contribution in [0.4, 0.5) is 4.79 Å². The van der Waals surface area contributed by atoms with Gasteiger partial charge in [-0.3, -0.25) is 14.9 Å². The van der Waals surface area contributed by atoms with E-state index in [1.807, 2.05) is 5.32 Å². The number of imide groups is 1. The van der Waals surface area contributed by atoms with Crippen molar-refractivity contribution in [3.63, 3.8) is 0 Å². The first-order chi connectivity index (χ1) is 10.5. The van der Waals surface area contributed by atoms with Gasteiger partial charge in [0.1, 0.15) is 4.83 Å². The van der Waals surface area contributed by atoms with Gasteiger partial charge in [0.25, 0.3) is 5.56 Å². The third kappa shape index (κ3) is 3.00. The summed E-state index contributed by atoms with van der Waals surface area (Å²) in [4.78, 5) is 43.3. The molecule has 2 heterocycles. The van der Waals surface area contributed by atoms with E-state index in [1.54, 1.807) is 11.3 Å². The van der Waals surface area contributed by atoms with Crippen molar-refractivity contribution in [1.82, 2.24) is 15.3 Å². The van der Waals surface area contributed by atoms with E-state index in [-0.39, 0.29) is 11.3 Å². The van der Waals surface area contributed by atoms with Gasteiger partial charge >= 0.3 is 6.03 Å². The first-order valence-electron chi connectivity index (χ1n) is 6.81. The summed E-state index contributed by atoms with van der Waals surface area (Å²) in [6, 6.07) is -0.895. The summed E-state index contributed by atoms with van der Waals surface area (Å²) in [5, 5.41) is 3.02. The number of urea groups is 1. The SMILES string of the molecule is NC(=O)NC(=O)CSc1nc2sc3c(c2c(=O)[nH]1)CCCC3. The van der Waals surface area contributed by atoms with Crippen molar-refractivity contribution < 1.29 is 9.59 Å². The number of H-pyrrole nitrogens is 1. The maximum absolute atomic E-state index is 12.3. The zero-order chi connectivity index (χ0) is 15.7. The highest BCUT2D eigenvalue weighted by Crippen LogP contribution is 2.34. The molecule has 9 heteroatoms. The standard InChI is InChI=1S/C13H14N4O3S2/c14-12(20)15-8(18)5-21-13-16-10(19)9-6-3-1-2-4-7(6)22-11(9)17-13/h1-5H2,(H,16,17,19)(H3,14,15,18,20). The topological polar surface area (TPSA) is 118 Å². The molecule has 116 valence electrons. The van der Waals surface area contributed by atoms with E-state index in [2.05, 4.69) is 9.97 Å². The number of fused-ring (bicyclic) bond motifs is 3. The average Bonchev–Trinajstić information content (AvgIpc) is 2.83. The molecule has 2 aromatic rings. The highest BCUT2D eigenvalue weighted by molar-refractivity contribution is 7.99. The van der Waals surface area contributed by atoms with Gasteiger partial charge in [-0.15, -0.1) is 11.3 Å². The van der Waals surface area contributed by atoms with Crippen LogP contribution in [0.5, 0.6) is 0 Å². The molecular formula is C13H14N4O3S2. The van der Waals surface area contributed by atoms with E-state index in [1.165, 1.54) is 4.88 Å². The van der Waals surface area contributed by atoms with Crippen LogP contribution in [0.1, 0.15) is 23.3 Å². The molecule has 0 radical (unpaired) electrons. The highest BCUT2D eigenvalue weighted by atomic mass is 32.2. The molecular weight excluding hydrogens is 324 g/mol. The second-order valence-electron chi connectivity index (χ2n) is 4.96. The number of aromatic amines is 1. The lowest BCUT2D eigenvalue weighted by Gasteiger charge is -2.09. The van der Waals surface area contributed by atoms with Gasteiger partial charge < -0.3 is 10.7 Å². The van der Waals surface area contributed by atoms with E-state index in [0.29, 0.717) is 15.4 Å². The molecule has 0 fully saturated rings. The van der Waals surface area contributed by atoms with Gasteiger partial charge in [-0.25, -0.2) is 9.78 Å². The molecule has 4 N–H and O–H groups in total. The van der Waals surface area contributed by atoms with Crippen LogP contribution in [0.2, 0.25) is 0 Å². The average molecular weight is 338 g/mol. The Morgan fingerprint density at radius 1 is 1.36 bits per heavy atom. The second kappa shape index (κ2) is 6.09. The zero-order valence-electron chi connectivity index (χ0n) is 11.6. The van der Waals surface area contributed by atoms with Gasteiger partial charge in [0.15, 0.2) is 5.16 Å². The molecule has 1 aliphatic carbocycles. The number of nitrogens with one attached hydrogen (secondary N) is 2. The van der Waals surface area contributed by atoms with Gasteiger partial charge in [-0.05, 0) is 31.2 Å². The summed E-state index contributed by atoms with van der Waals surface area (Å²) in [7, 11) is 0. The molecule has 0 saturated heterocycles. The van der Waals surface area contributed by atoms with Crippen LogP contribution in [0.25, 0.3) is 10.2 Å². The Labute approximate surface area is 133 Å². The third-order valence-corrected chi connectivity index (χ3v) is 5.46. The Hall–Kier alpha value is -1.87. The molecule has 0 unspecified atom stereocenters. The fraction of sp³-hybridized carbons (Fsp3) is 0.385. The minimum atomic E-state index is -0.895. The maximum Gasteiger partial charge on any atom is 0.318 e. The minimum absolute atomic E-state index is 0.0392. The molecule has 0 aromatic carbocycles. The van der Waals surface area contributed by atoms with E-state index < -0.39 is 11.9 Å². The number of aryl methyl sites for hydroxylation is 2. The molecule has 3 amide bonds. The lowest BCUT2D eigenvalue weighted by molar-refractivity contribution is -0.117. The van der Waals surface area contributed by atoms with Crippen molar-refractivity contribution in [2.45, 2.75) is 30.8 Å². The van der Waals surface area contributed by atoms with Crippen LogP contribution in [-0.4, -0.2) is 27.7 Å². The predicted molar refractivity (Wildman–Crippen MR) is 85.3 cm³/mol. The summed E-state index contributed by atoms with van der Waals surface area (Å²) in [6.07, 6.45) is 4.17. The van der Waals surface area contributed by atoms with Gasteiger partial charge in [0.2, 0.25) is 5.91 Å². The summed E-state index contributed by atoms with van der Waals surface area (Å²) in [6.45, 7) is 0. The lowest BCUT2D eigenvalue weighted by atomic mass is 9.97. The first kappa shape index (κ1) is 15.0. The number of hydrogen-bond donors (Lipinski definition) is 3. The van der Waals surface area contributed by atoms with Gasteiger partial charge in [0, 0.05) is 4.88 Å². The van der Waals surface area contributed by atoms with E-state index in [4.69, 9.17) is 5.73 Å². The van der Waals surface area contributed by atoms with E-state index in [0.717, 1.165) is 43.0 Å². The van der Waals surface area contributed by atoms with Crippen LogP contribution < -0.4 is 16.6 Å². The van der Waals surface area contributed by atoms with Crippen LogP contribution in [0, 0.1) is 0 Å². The summed E-state index contributed by atoms with van der Waals surface area (Å²) < 4.78 is 0. The van der Waals surface area contributed by atoms with Gasteiger partial charge in [-0.2, -0.15) is 0 Å². The maximum atomic E-state index is 12.3. The zero-order valence-corrected chi connectivity index (χ0v) is 13.2. The van der Waals surface area contributed by atoms with E-state index in [9.17, 15) is 14.4 Å². The Morgan fingerprint density at radius 3 is 2.91 bits per heavy atom. The summed E-state index contributed by atoms with van der Waals surface area (Å²) in [5.41, 5.74) is 5.83. The van der Waals surface area contributed by atoms with Crippen molar-refractivity contribution in [3.8, 4) is 0 Å². The van der Waals surface area contributed by atoms with Gasteiger partial charge in [0.05, 0.1) is 11.1 Å². The first-order valence-corrected chi connectivity index (χ1v) is 8.61. The Kier molecular flexibility index (Phi) is 4.16. The van der Waals surface area contributed by atoms with Crippen LogP contribution in [0.15, 0.2) is 9.95 Å². The number of nitrogens with two attached hydrogens (primary N) is 1. The smallest absolute Gasteiger partial charge is 0.318 e. The molecule has 0 aliphatic heterocycles. The number of amides is 3. The number of hydrogen-bond acceptors (Lipinski definition) is 6. The lowest BCUT2D eigenvalue weighted by Crippen LogP contribution is -2.36. The Morgan fingerprint density at radius 2 is 2.14 bits per heavy atom. The number of thiophene rings is 1. The third-order valence-electron chi connectivity index (χ3n) is 3.41. The van der Waals surface area contributed by atoms with Gasteiger partial charge in [-0.1, -0.05) is 11.8 Å². The molecule has 7 nitrogen and oxygen atoms in total. The second-order valence-corrected chi connectivity index (χ2v) is 7.01. The molecule has 22 heavy (non-hydrogen) atoms. The fourth-order valence-corrected chi connectivity index (χ4v) is 4.50. The van der Waals surface area contributed by atoms with Crippen molar-refractivity contribution in [1.29, 1.82) is 0 Å². The number of rotatable bonds is 3. The fourth-order valence-electron chi connectivity index (χ4n) is 2.52. The molecule has 2 aromatic heterocycles.